The van der Waals surface area contributed by atoms with Crippen LogP contribution >= 0.6 is 0 Å². The monoisotopic (exact) mass is 399 g/mol. The minimum absolute atomic E-state index is 0.197. The molecule has 0 spiro atoms. The van der Waals surface area contributed by atoms with Crippen molar-refractivity contribution < 1.29 is 28.5 Å². The lowest BCUT2D eigenvalue weighted by atomic mass is 10.1. The van der Waals surface area contributed by atoms with Crippen LogP contribution in [-0.4, -0.2) is 44.2 Å². The fourth-order valence-electron chi connectivity index (χ4n) is 2.53. The summed E-state index contributed by atoms with van der Waals surface area (Å²) in [6.07, 6.45) is 5.34. The van der Waals surface area contributed by atoms with Crippen LogP contribution in [-0.2, 0) is 9.53 Å². The summed E-state index contributed by atoms with van der Waals surface area (Å²) in [6, 6.07) is 8.68. The van der Waals surface area contributed by atoms with Crippen LogP contribution in [0.2, 0.25) is 0 Å². The molecule has 0 saturated carbocycles. The number of esters is 1. The number of para-hydroxylation sites is 1. The number of hydrogen-bond donors (Lipinski definition) is 0. The highest BCUT2D eigenvalue weighted by molar-refractivity contribution is 6.08. The van der Waals surface area contributed by atoms with Crippen LogP contribution < -0.4 is 14.2 Å². The molecule has 0 saturated heterocycles. The first-order chi connectivity index (χ1) is 14.1. The molecule has 7 nitrogen and oxygen atoms in total. The van der Waals surface area contributed by atoms with Crippen molar-refractivity contribution in [2.45, 2.75) is 19.8 Å². The number of methoxy groups -OCH3 is 2. The zero-order valence-electron chi connectivity index (χ0n) is 16.8. The molecule has 0 atom stereocenters. The molecule has 0 aliphatic carbocycles. The number of ether oxygens (including phenoxy) is 4. The molecule has 0 bridgehead atoms. The Morgan fingerprint density at radius 1 is 1.07 bits per heavy atom. The van der Waals surface area contributed by atoms with Crippen molar-refractivity contribution in [2.24, 2.45) is 0 Å². The molecule has 7 heteroatoms. The maximum atomic E-state index is 12.4. The SMILES string of the molecule is CCOC(=O)CCCOc1cc(C=CC(=O)c2ccccc2OC)ncc1OC. The molecule has 154 valence electrons. The summed E-state index contributed by atoms with van der Waals surface area (Å²) in [7, 11) is 3.04. The number of nitrogens with zero attached hydrogens (tertiary/aromatic N) is 1. The molecule has 2 rings (SSSR count). The number of aromatic nitrogens is 1. The van der Waals surface area contributed by atoms with Gasteiger partial charge in [0.05, 0.1) is 44.9 Å². The molecule has 1 aromatic heterocycles. The highest BCUT2D eigenvalue weighted by atomic mass is 16.5. The Morgan fingerprint density at radius 3 is 2.55 bits per heavy atom. The van der Waals surface area contributed by atoms with Gasteiger partial charge in [-0.25, -0.2) is 0 Å². The summed E-state index contributed by atoms with van der Waals surface area (Å²) in [5.41, 5.74) is 1.00. The lowest BCUT2D eigenvalue weighted by molar-refractivity contribution is -0.143. The lowest BCUT2D eigenvalue weighted by Gasteiger charge is -2.11. The molecular weight excluding hydrogens is 374 g/mol. The molecule has 29 heavy (non-hydrogen) atoms. The van der Waals surface area contributed by atoms with Crippen LogP contribution in [0.4, 0.5) is 0 Å². The second-order valence-electron chi connectivity index (χ2n) is 5.91. The van der Waals surface area contributed by atoms with Gasteiger partial charge in [-0.15, -0.1) is 0 Å². The van der Waals surface area contributed by atoms with E-state index >= 15 is 0 Å². The predicted molar refractivity (Wildman–Crippen MR) is 109 cm³/mol. The highest BCUT2D eigenvalue weighted by Gasteiger charge is 2.10. The number of pyridine rings is 1. The first-order valence-corrected chi connectivity index (χ1v) is 9.27. The van der Waals surface area contributed by atoms with Gasteiger partial charge >= 0.3 is 5.97 Å². The number of carbonyl (C=O) groups is 2. The molecule has 0 N–H and O–H groups in total. The summed E-state index contributed by atoms with van der Waals surface area (Å²) in [4.78, 5) is 28.1. The molecule has 0 amide bonds. The van der Waals surface area contributed by atoms with Gasteiger partial charge in [-0.2, -0.15) is 0 Å². The molecule has 0 unspecified atom stereocenters. The van der Waals surface area contributed by atoms with Crippen LogP contribution in [0.3, 0.4) is 0 Å². The van der Waals surface area contributed by atoms with Gasteiger partial charge < -0.3 is 18.9 Å². The predicted octanol–water partition coefficient (Wildman–Crippen LogP) is 3.72. The third-order valence-electron chi connectivity index (χ3n) is 3.94. The van der Waals surface area contributed by atoms with Crippen molar-refractivity contribution in [1.82, 2.24) is 4.98 Å². The second-order valence-corrected chi connectivity index (χ2v) is 5.91. The Labute approximate surface area is 170 Å². The average molecular weight is 399 g/mol. The van der Waals surface area contributed by atoms with E-state index in [0.717, 1.165) is 0 Å². The summed E-state index contributed by atoms with van der Waals surface area (Å²) in [5, 5.41) is 0. The highest BCUT2D eigenvalue weighted by Crippen LogP contribution is 2.27. The van der Waals surface area contributed by atoms with Gasteiger partial charge in [0.15, 0.2) is 17.3 Å². The van der Waals surface area contributed by atoms with Crippen molar-refractivity contribution in [1.29, 1.82) is 0 Å². The Bertz CT molecular complexity index is 862. The molecular formula is C22H25NO6. The zero-order valence-corrected chi connectivity index (χ0v) is 16.8. The van der Waals surface area contributed by atoms with Gasteiger partial charge in [-0.05, 0) is 37.6 Å². The molecule has 0 fully saturated rings. The standard InChI is InChI=1S/C22H25NO6/c1-4-28-22(25)10-7-13-29-20-14-16(23-15-21(20)27-3)11-12-18(24)17-8-5-6-9-19(17)26-2/h5-6,8-9,11-12,14-15H,4,7,10,13H2,1-3H3. The van der Waals surface area contributed by atoms with Crippen LogP contribution in [0.1, 0.15) is 35.8 Å². The molecule has 1 heterocycles. The summed E-state index contributed by atoms with van der Waals surface area (Å²) >= 11 is 0. The summed E-state index contributed by atoms with van der Waals surface area (Å²) in [6.45, 7) is 2.45. The fraction of sp³-hybridized carbons (Fsp3) is 0.318. The van der Waals surface area contributed by atoms with E-state index < -0.39 is 0 Å². The fourth-order valence-corrected chi connectivity index (χ4v) is 2.53. The molecule has 0 aliphatic rings. The number of hydrogen-bond acceptors (Lipinski definition) is 7. The van der Waals surface area contributed by atoms with Gasteiger partial charge in [-0.1, -0.05) is 12.1 Å². The van der Waals surface area contributed by atoms with E-state index in [9.17, 15) is 9.59 Å². The topological polar surface area (TPSA) is 84.0 Å². The minimum atomic E-state index is -0.253. The zero-order chi connectivity index (χ0) is 21.1. The average Bonchev–Trinajstić information content (AvgIpc) is 2.75. The Hall–Kier alpha value is -3.35. The largest absolute Gasteiger partial charge is 0.496 e. The van der Waals surface area contributed by atoms with Crippen LogP contribution in [0.15, 0.2) is 42.6 Å². The third kappa shape index (κ3) is 6.64. The maximum Gasteiger partial charge on any atom is 0.305 e. The van der Waals surface area contributed by atoms with E-state index in [1.807, 2.05) is 0 Å². The van der Waals surface area contributed by atoms with E-state index in [0.29, 0.717) is 48.1 Å². The minimum Gasteiger partial charge on any atom is -0.496 e. The smallest absolute Gasteiger partial charge is 0.305 e. The number of benzene rings is 1. The summed E-state index contributed by atoms with van der Waals surface area (Å²) in [5.74, 6) is 1.01. The van der Waals surface area contributed by atoms with Crippen molar-refractivity contribution in [3.63, 3.8) is 0 Å². The van der Waals surface area contributed by atoms with E-state index in [2.05, 4.69) is 4.98 Å². The quantitative estimate of drug-likeness (QED) is 0.246. The number of ketones is 1. The Balaban J connectivity index is 2.04. The van der Waals surface area contributed by atoms with Gasteiger partial charge in [0.25, 0.3) is 0 Å². The second kappa shape index (κ2) is 11.5. The van der Waals surface area contributed by atoms with Crippen LogP contribution in [0.5, 0.6) is 17.2 Å². The summed E-state index contributed by atoms with van der Waals surface area (Å²) < 4.78 is 21.1. The lowest BCUT2D eigenvalue weighted by Crippen LogP contribution is -2.07. The number of rotatable bonds is 11. The number of allylic oxidation sites excluding steroid dienone is 1. The van der Waals surface area contributed by atoms with Crippen molar-refractivity contribution in [3.8, 4) is 17.2 Å². The normalized spacial score (nSPS) is 10.6. The van der Waals surface area contributed by atoms with Gasteiger partial charge in [0.1, 0.15) is 5.75 Å². The van der Waals surface area contributed by atoms with Gasteiger partial charge in [0, 0.05) is 12.5 Å². The van der Waals surface area contributed by atoms with E-state index in [4.69, 9.17) is 18.9 Å². The maximum absolute atomic E-state index is 12.4. The number of carbonyl (C=O) groups excluding carboxylic acids is 2. The molecule has 2 aromatic rings. The van der Waals surface area contributed by atoms with Gasteiger partial charge in [0.2, 0.25) is 0 Å². The van der Waals surface area contributed by atoms with Crippen molar-refractivity contribution in [3.05, 3.63) is 53.9 Å². The van der Waals surface area contributed by atoms with E-state index in [1.165, 1.54) is 26.5 Å². The van der Waals surface area contributed by atoms with Gasteiger partial charge in [-0.3, -0.25) is 14.6 Å². The van der Waals surface area contributed by atoms with E-state index in [1.54, 1.807) is 43.3 Å². The Morgan fingerprint density at radius 2 is 1.83 bits per heavy atom. The Kier molecular flexibility index (Phi) is 8.69. The van der Waals surface area contributed by atoms with Crippen LogP contribution in [0, 0.1) is 0 Å². The molecule has 0 radical (unpaired) electrons. The first kappa shape index (κ1) is 21.9. The molecule has 0 aliphatic heterocycles. The first-order valence-electron chi connectivity index (χ1n) is 9.27. The van der Waals surface area contributed by atoms with Crippen molar-refractivity contribution in [2.75, 3.05) is 27.4 Å². The van der Waals surface area contributed by atoms with E-state index in [-0.39, 0.29) is 18.2 Å². The van der Waals surface area contributed by atoms with Crippen LogP contribution in [0.25, 0.3) is 6.08 Å². The third-order valence-corrected chi connectivity index (χ3v) is 3.94. The molecule has 1 aromatic carbocycles. The van der Waals surface area contributed by atoms with Crippen molar-refractivity contribution >= 4 is 17.8 Å².